The highest BCUT2D eigenvalue weighted by atomic mass is 127. The maximum atomic E-state index is 4.15. The molecule has 9 heavy (non-hydrogen) atoms. The first-order valence-corrected chi connectivity index (χ1v) is 4.79. The van der Waals surface area contributed by atoms with Gasteiger partial charge in [-0.3, -0.25) is 0 Å². The summed E-state index contributed by atoms with van der Waals surface area (Å²) < 4.78 is 1.22. The normalized spacial score (nSPS) is 9.56. The van der Waals surface area contributed by atoms with Gasteiger partial charge in [0.05, 0.1) is 0 Å². The van der Waals surface area contributed by atoms with Crippen LogP contribution >= 0.6 is 34.4 Å². The molecule has 0 aliphatic carbocycles. The van der Waals surface area contributed by atoms with Crippen molar-refractivity contribution in [2.75, 3.05) is 6.26 Å². The molecule has 0 N–H and O–H groups in total. The summed E-state index contributed by atoms with van der Waals surface area (Å²) in [7, 11) is 0. The van der Waals surface area contributed by atoms with Crippen LogP contribution in [0.25, 0.3) is 0 Å². The van der Waals surface area contributed by atoms with Gasteiger partial charge in [0, 0.05) is 9.77 Å². The fourth-order valence-corrected chi connectivity index (χ4v) is 1.96. The first-order chi connectivity index (χ1) is 4.34. The second-order valence-electron chi connectivity index (χ2n) is 1.49. The van der Waals surface area contributed by atoms with E-state index < -0.39 is 0 Å². The lowest BCUT2D eigenvalue weighted by molar-refractivity contribution is 1.11. The van der Waals surface area contributed by atoms with Crippen molar-refractivity contribution in [1.82, 2.24) is 4.98 Å². The van der Waals surface area contributed by atoms with Crippen LogP contribution in [0.2, 0.25) is 0 Å². The first kappa shape index (κ1) is 7.34. The van der Waals surface area contributed by atoms with Crippen LogP contribution in [0.4, 0.5) is 0 Å². The summed E-state index contributed by atoms with van der Waals surface area (Å²) >= 11 is 3.95. The smallest absolute Gasteiger partial charge is 0.109 e. The van der Waals surface area contributed by atoms with Gasteiger partial charge in [0.2, 0.25) is 0 Å². The third-order valence-corrected chi connectivity index (χ3v) is 2.87. The second-order valence-corrected chi connectivity index (χ2v) is 3.45. The Morgan fingerprint density at radius 3 is 2.89 bits per heavy atom. The van der Waals surface area contributed by atoms with Gasteiger partial charge >= 0.3 is 0 Å². The molecule has 1 heterocycles. The lowest BCUT2D eigenvalue weighted by Crippen LogP contribution is -1.80. The summed E-state index contributed by atoms with van der Waals surface area (Å²) in [5.74, 6) is 0. The fourth-order valence-electron chi connectivity index (χ4n) is 0.521. The number of nitrogens with zero attached hydrogens (tertiary/aromatic N) is 1. The molecule has 0 amide bonds. The van der Waals surface area contributed by atoms with Gasteiger partial charge in [-0.1, -0.05) is 0 Å². The molecule has 0 saturated carbocycles. The number of aromatic nitrogens is 1. The van der Waals surface area contributed by atoms with Gasteiger partial charge in [0.1, 0.15) is 5.03 Å². The zero-order chi connectivity index (χ0) is 6.69. The second kappa shape index (κ2) is 3.41. The van der Waals surface area contributed by atoms with E-state index in [0.29, 0.717) is 0 Å². The minimum atomic E-state index is 1.11. The Hall–Kier alpha value is 0.230. The van der Waals surface area contributed by atoms with E-state index in [1.54, 1.807) is 11.8 Å². The topological polar surface area (TPSA) is 12.9 Å². The van der Waals surface area contributed by atoms with E-state index in [4.69, 9.17) is 0 Å². The van der Waals surface area contributed by atoms with E-state index in [2.05, 4.69) is 33.6 Å². The summed E-state index contributed by atoms with van der Waals surface area (Å²) in [5.41, 5.74) is 0. The SMILES string of the molecule is CSc1ncccc1I. The Morgan fingerprint density at radius 1 is 1.67 bits per heavy atom. The molecular formula is C6H6INS. The van der Waals surface area contributed by atoms with Gasteiger partial charge < -0.3 is 0 Å². The first-order valence-electron chi connectivity index (χ1n) is 2.49. The molecule has 1 aromatic heterocycles. The van der Waals surface area contributed by atoms with Crippen LogP contribution in [0.5, 0.6) is 0 Å². The van der Waals surface area contributed by atoms with Crippen molar-refractivity contribution in [3.63, 3.8) is 0 Å². The molecule has 1 aromatic rings. The Labute approximate surface area is 72.4 Å². The summed E-state index contributed by atoms with van der Waals surface area (Å²) in [6, 6.07) is 4.00. The highest BCUT2D eigenvalue weighted by Crippen LogP contribution is 2.17. The van der Waals surface area contributed by atoms with Gasteiger partial charge in [-0.2, -0.15) is 0 Å². The molecule has 0 radical (unpaired) electrons. The predicted octanol–water partition coefficient (Wildman–Crippen LogP) is 2.41. The quantitative estimate of drug-likeness (QED) is 0.561. The Bertz CT molecular complexity index is 202. The molecule has 3 heteroatoms. The molecule has 0 aliphatic heterocycles. The van der Waals surface area contributed by atoms with Gasteiger partial charge in [0.25, 0.3) is 0 Å². The number of halogens is 1. The lowest BCUT2D eigenvalue weighted by Gasteiger charge is -1.94. The van der Waals surface area contributed by atoms with Crippen molar-refractivity contribution in [3.05, 3.63) is 21.9 Å². The summed E-state index contributed by atoms with van der Waals surface area (Å²) in [4.78, 5) is 4.15. The van der Waals surface area contributed by atoms with E-state index >= 15 is 0 Å². The molecule has 0 aromatic carbocycles. The zero-order valence-electron chi connectivity index (χ0n) is 4.97. The third-order valence-electron chi connectivity index (χ3n) is 0.918. The molecule has 0 spiro atoms. The number of hydrogen-bond donors (Lipinski definition) is 0. The van der Waals surface area contributed by atoms with Gasteiger partial charge in [-0.15, -0.1) is 11.8 Å². The van der Waals surface area contributed by atoms with E-state index in [-0.39, 0.29) is 0 Å². The minimum Gasteiger partial charge on any atom is -0.249 e. The maximum Gasteiger partial charge on any atom is 0.109 e. The van der Waals surface area contributed by atoms with Gasteiger partial charge in [-0.25, -0.2) is 4.98 Å². The number of thioether (sulfide) groups is 1. The summed E-state index contributed by atoms with van der Waals surface area (Å²) in [5, 5.41) is 1.11. The van der Waals surface area contributed by atoms with Crippen LogP contribution in [-0.2, 0) is 0 Å². The Kier molecular flexibility index (Phi) is 2.78. The Morgan fingerprint density at radius 2 is 2.44 bits per heavy atom. The number of pyridine rings is 1. The molecule has 0 fully saturated rings. The summed E-state index contributed by atoms with van der Waals surface area (Å²) in [6.45, 7) is 0. The highest BCUT2D eigenvalue weighted by molar-refractivity contribution is 14.1. The average molecular weight is 251 g/mol. The molecule has 0 saturated heterocycles. The van der Waals surface area contributed by atoms with Crippen LogP contribution in [0.1, 0.15) is 0 Å². The lowest BCUT2D eigenvalue weighted by atomic mass is 10.5. The molecule has 0 unspecified atom stereocenters. The van der Waals surface area contributed by atoms with E-state index in [1.165, 1.54) is 3.57 Å². The van der Waals surface area contributed by atoms with Crippen LogP contribution in [0, 0.1) is 3.57 Å². The van der Waals surface area contributed by atoms with Crippen LogP contribution in [0.15, 0.2) is 23.4 Å². The standard InChI is InChI=1S/C6H6INS/c1-9-6-5(7)3-2-4-8-6/h2-4H,1H3. The van der Waals surface area contributed by atoms with Crippen molar-refractivity contribution < 1.29 is 0 Å². The Balaban J connectivity index is 3.01. The fraction of sp³-hybridized carbons (Fsp3) is 0.167. The molecule has 1 rings (SSSR count). The van der Waals surface area contributed by atoms with Crippen molar-refractivity contribution in [2.45, 2.75) is 5.03 Å². The zero-order valence-corrected chi connectivity index (χ0v) is 7.94. The molecule has 0 bridgehead atoms. The molecular weight excluding hydrogens is 245 g/mol. The maximum absolute atomic E-state index is 4.15. The minimum absolute atomic E-state index is 1.11. The van der Waals surface area contributed by atoms with E-state index in [1.807, 2.05) is 18.5 Å². The van der Waals surface area contributed by atoms with Gasteiger partial charge in [-0.05, 0) is 41.0 Å². The van der Waals surface area contributed by atoms with Crippen molar-refractivity contribution in [3.8, 4) is 0 Å². The largest absolute Gasteiger partial charge is 0.249 e. The van der Waals surface area contributed by atoms with Crippen LogP contribution < -0.4 is 0 Å². The molecule has 0 aliphatic rings. The average Bonchev–Trinajstić information content (AvgIpc) is 1.89. The predicted molar refractivity (Wildman–Crippen MR) is 48.7 cm³/mol. The van der Waals surface area contributed by atoms with Crippen molar-refractivity contribution >= 4 is 34.4 Å². The number of hydrogen-bond acceptors (Lipinski definition) is 2. The van der Waals surface area contributed by atoms with E-state index in [9.17, 15) is 0 Å². The molecule has 1 nitrogen and oxygen atoms in total. The number of rotatable bonds is 1. The van der Waals surface area contributed by atoms with Crippen molar-refractivity contribution in [2.24, 2.45) is 0 Å². The monoisotopic (exact) mass is 251 g/mol. The summed E-state index contributed by atoms with van der Waals surface area (Å²) in [6.07, 6.45) is 3.85. The van der Waals surface area contributed by atoms with Crippen LogP contribution in [0.3, 0.4) is 0 Å². The molecule has 0 atom stereocenters. The highest BCUT2D eigenvalue weighted by Gasteiger charge is 1.94. The van der Waals surface area contributed by atoms with Crippen LogP contribution in [-0.4, -0.2) is 11.2 Å². The van der Waals surface area contributed by atoms with Crippen molar-refractivity contribution in [1.29, 1.82) is 0 Å². The van der Waals surface area contributed by atoms with E-state index in [0.717, 1.165) is 5.03 Å². The molecule has 48 valence electrons. The van der Waals surface area contributed by atoms with Gasteiger partial charge in [0.15, 0.2) is 0 Å². The third kappa shape index (κ3) is 1.82.